The van der Waals surface area contributed by atoms with Gasteiger partial charge in [-0.2, -0.15) is 0 Å². The fourth-order valence-electron chi connectivity index (χ4n) is 1.74. The van der Waals surface area contributed by atoms with E-state index < -0.39 is 12.0 Å². The molecule has 2 rings (SSSR count). The van der Waals surface area contributed by atoms with Crippen LogP contribution in [-0.4, -0.2) is 18.2 Å². The number of carboxylic acid groups (broad SMARTS) is 1. The van der Waals surface area contributed by atoms with E-state index in [-0.39, 0.29) is 6.42 Å². The molecule has 1 unspecified atom stereocenters. The Morgan fingerprint density at radius 3 is 3.00 bits per heavy atom. The van der Waals surface area contributed by atoms with Crippen LogP contribution in [0.25, 0.3) is 11.0 Å². The number of fused-ring (bicyclic) bond motifs is 1. The average Bonchev–Trinajstić information content (AvgIpc) is 2.74. The fourth-order valence-corrected chi connectivity index (χ4v) is 1.74. The molecule has 90 valence electrons. The number of hydrogen-bond donors (Lipinski definition) is 2. The first-order valence-corrected chi connectivity index (χ1v) is 5.14. The van der Waals surface area contributed by atoms with Gasteiger partial charge in [0.2, 0.25) is 0 Å². The van der Waals surface area contributed by atoms with Gasteiger partial charge in [-0.05, 0) is 23.8 Å². The molecule has 0 saturated carbocycles. The number of furan rings is 1. The molecule has 2 aromatic rings. The summed E-state index contributed by atoms with van der Waals surface area (Å²) in [4.78, 5) is 10.6. The molecule has 0 fully saturated rings. The number of carbonyl (C=O) groups is 1. The summed E-state index contributed by atoms with van der Waals surface area (Å²) in [5.41, 5.74) is 7.17. The van der Waals surface area contributed by atoms with Gasteiger partial charge in [0.1, 0.15) is 0 Å². The Morgan fingerprint density at radius 2 is 2.35 bits per heavy atom. The van der Waals surface area contributed by atoms with E-state index in [0.29, 0.717) is 11.3 Å². The van der Waals surface area contributed by atoms with Crippen molar-refractivity contribution >= 4 is 16.9 Å². The van der Waals surface area contributed by atoms with Gasteiger partial charge in [-0.1, -0.05) is 0 Å². The zero-order chi connectivity index (χ0) is 12.4. The Morgan fingerprint density at radius 1 is 1.59 bits per heavy atom. The summed E-state index contributed by atoms with van der Waals surface area (Å²) in [7, 11) is 1.53. The molecule has 0 bridgehead atoms. The van der Waals surface area contributed by atoms with Gasteiger partial charge in [0, 0.05) is 11.4 Å². The van der Waals surface area contributed by atoms with Gasteiger partial charge in [0.05, 0.1) is 19.8 Å². The summed E-state index contributed by atoms with van der Waals surface area (Å²) < 4.78 is 10.5. The van der Waals surface area contributed by atoms with Crippen molar-refractivity contribution in [2.24, 2.45) is 5.73 Å². The van der Waals surface area contributed by atoms with Crippen molar-refractivity contribution in [3.05, 3.63) is 30.0 Å². The summed E-state index contributed by atoms with van der Waals surface area (Å²) in [5, 5.41) is 9.56. The van der Waals surface area contributed by atoms with Crippen LogP contribution in [0.5, 0.6) is 5.75 Å². The molecule has 17 heavy (non-hydrogen) atoms. The highest BCUT2D eigenvalue weighted by Crippen LogP contribution is 2.30. The van der Waals surface area contributed by atoms with Crippen molar-refractivity contribution in [1.82, 2.24) is 0 Å². The smallest absolute Gasteiger partial charge is 0.305 e. The minimum Gasteiger partial charge on any atom is -0.493 e. The van der Waals surface area contributed by atoms with E-state index in [1.807, 2.05) is 6.07 Å². The number of rotatable bonds is 4. The second-order valence-corrected chi connectivity index (χ2v) is 3.77. The molecular weight excluding hydrogens is 222 g/mol. The van der Waals surface area contributed by atoms with Crippen LogP contribution >= 0.6 is 0 Å². The number of hydrogen-bond acceptors (Lipinski definition) is 4. The van der Waals surface area contributed by atoms with Crippen LogP contribution in [-0.2, 0) is 4.79 Å². The fraction of sp³-hybridized carbons (Fsp3) is 0.250. The van der Waals surface area contributed by atoms with Crippen LogP contribution in [0.4, 0.5) is 0 Å². The Labute approximate surface area is 97.8 Å². The van der Waals surface area contributed by atoms with Gasteiger partial charge in [-0.3, -0.25) is 4.79 Å². The van der Waals surface area contributed by atoms with E-state index in [4.69, 9.17) is 20.0 Å². The van der Waals surface area contributed by atoms with Crippen molar-refractivity contribution in [3.8, 4) is 5.75 Å². The van der Waals surface area contributed by atoms with Crippen LogP contribution in [0.2, 0.25) is 0 Å². The Balaban J connectivity index is 2.44. The molecule has 1 heterocycles. The zero-order valence-electron chi connectivity index (χ0n) is 9.34. The first-order chi connectivity index (χ1) is 8.11. The van der Waals surface area contributed by atoms with Gasteiger partial charge in [0.25, 0.3) is 0 Å². The maximum atomic E-state index is 10.6. The maximum Gasteiger partial charge on any atom is 0.305 e. The molecule has 0 aliphatic rings. The molecular formula is C12H13NO4. The molecule has 5 nitrogen and oxygen atoms in total. The Hall–Kier alpha value is -2.01. The van der Waals surface area contributed by atoms with Crippen molar-refractivity contribution < 1.29 is 19.1 Å². The Kier molecular flexibility index (Phi) is 3.01. The van der Waals surface area contributed by atoms with Crippen molar-refractivity contribution in [2.75, 3.05) is 7.11 Å². The van der Waals surface area contributed by atoms with Crippen LogP contribution in [0.3, 0.4) is 0 Å². The minimum absolute atomic E-state index is 0.119. The first kappa shape index (κ1) is 11.5. The molecule has 1 aromatic carbocycles. The zero-order valence-corrected chi connectivity index (χ0v) is 9.34. The summed E-state index contributed by atoms with van der Waals surface area (Å²) in [6, 6.07) is 4.75. The number of methoxy groups -OCH3 is 1. The summed E-state index contributed by atoms with van der Waals surface area (Å²) in [5.74, 6) is -0.368. The lowest BCUT2D eigenvalue weighted by Gasteiger charge is -2.11. The highest BCUT2D eigenvalue weighted by atomic mass is 16.5. The summed E-state index contributed by atoms with van der Waals surface area (Å²) in [6.45, 7) is 0. The second kappa shape index (κ2) is 4.47. The molecule has 1 aromatic heterocycles. The molecule has 1 atom stereocenters. The quantitative estimate of drug-likeness (QED) is 0.845. The summed E-state index contributed by atoms with van der Waals surface area (Å²) in [6.07, 6.45) is 1.44. The first-order valence-electron chi connectivity index (χ1n) is 5.14. The molecule has 0 aliphatic carbocycles. The number of aliphatic carboxylic acids is 1. The molecule has 0 spiro atoms. The normalized spacial score (nSPS) is 12.6. The predicted octanol–water partition coefficient (Wildman–Crippen LogP) is 1.92. The SMILES string of the molecule is COc1cc(C(N)CC(=O)O)cc2ccoc12. The van der Waals surface area contributed by atoms with Crippen LogP contribution in [0.1, 0.15) is 18.0 Å². The molecule has 0 radical (unpaired) electrons. The lowest BCUT2D eigenvalue weighted by Crippen LogP contribution is -2.15. The third-order valence-corrected chi connectivity index (χ3v) is 2.58. The second-order valence-electron chi connectivity index (χ2n) is 3.77. The largest absolute Gasteiger partial charge is 0.493 e. The van der Waals surface area contributed by atoms with E-state index in [1.165, 1.54) is 7.11 Å². The van der Waals surface area contributed by atoms with Crippen molar-refractivity contribution in [3.63, 3.8) is 0 Å². The predicted molar refractivity (Wildman–Crippen MR) is 61.9 cm³/mol. The monoisotopic (exact) mass is 235 g/mol. The van der Waals surface area contributed by atoms with Crippen molar-refractivity contribution in [1.29, 1.82) is 0 Å². The topological polar surface area (TPSA) is 85.7 Å². The van der Waals surface area contributed by atoms with Gasteiger partial charge >= 0.3 is 5.97 Å². The molecule has 3 N–H and O–H groups in total. The minimum atomic E-state index is -0.927. The standard InChI is InChI=1S/C12H13NO4/c1-16-10-5-8(9(13)6-11(14)15)4-7-2-3-17-12(7)10/h2-5,9H,6,13H2,1H3,(H,14,15). The maximum absolute atomic E-state index is 10.6. The van der Waals surface area contributed by atoms with E-state index in [0.717, 1.165) is 10.9 Å². The van der Waals surface area contributed by atoms with Gasteiger partial charge in [-0.25, -0.2) is 0 Å². The Bertz CT molecular complexity index is 546. The highest BCUT2D eigenvalue weighted by Gasteiger charge is 2.14. The highest BCUT2D eigenvalue weighted by molar-refractivity contribution is 5.84. The molecule has 5 heteroatoms. The van der Waals surface area contributed by atoms with Gasteiger partial charge < -0.3 is 20.0 Å². The molecule has 0 saturated heterocycles. The van der Waals surface area contributed by atoms with E-state index in [2.05, 4.69) is 0 Å². The molecule has 0 amide bonds. The van der Waals surface area contributed by atoms with E-state index >= 15 is 0 Å². The number of ether oxygens (including phenoxy) is 1. The van der Waals surface area contributed by atoms with Crippen LogP contribution in [0.15, 0.2) is 28.9 Å². The molecule has 0 aliphatic heterocycles. The van der Waals surface area contributed by atoms with Crippen LogP contribution < -0.4 is 10.5 Å². The number of nitrogens with two attached hydrogens (primary N) is 1. The van der Waals surface area contributed by atoms with Gasteiger partial charge in [0.15, 0.2) is 11.3 Å². The number of benzene rings is 1. The average molecular weight is 235 g/mol. The van der Waals surface area contributed by atoms with Gasteiger partial charge in [-0.15, -0.1) is 0 Å². The van der Waals surface area contributed by atoms with E-state index in [9.17, 15) is 4.79 Å². The lowest BCUT2D eigenvalue weighted by molar-refractivity contribution is -0.137. The van der Waals surface area contributed by atoms with Crippen LogP contribution in [0, 0.1) is 0 Å². The summed E-state index contributed by atoms with van der Waals surface area (Å²) >= 11 is 0. The van der Waals surface area contributed by atoms with E-state index in [1.54, 1.807) is 18.4 Å². The van der Waals surface area contributed by atoms with Crippen molar-refractivity contribution in [2.45, 2.75) is 12.5 Å². The third kappa shape index (κ3) is 2.24. The number of carboxylic acids is 1. The third-order valence-electron chi connectivity index (χ3n) is 2.58. The lowest BCUT2D eigenvalue weighted by atomic mass is 10.0.